The van der Waals surface area contributed by atoms with Crippen LogP contribution in [0, 0.1) is 22.0 Å². The molecule has 0 bridgehead atoms. The maximum Gasteiger partial charge on any atom is 0.312 e. The summed E-state index contributed by atoms with van der Waals surface area (Å²) in [4.78, 5) is 17.0. The van der Waals surface area contributed by atoms with Crippen molar-refractivity contribution < 1.29 is 4.92 Å². The van der Waals surface area contributed by atoms with Crippen molar-refractivity contribution in [2.75, 3.05) is 18.0 Å². The predicted octanol–water partition coefficient (Wildman–Crippen LogP) is 3.62. The van der Waals surface area contributed by atoms with Crippen molar-refractivity contribution >= 4 is 27.4 Å². The molecule has 0 N–H and O–H groups in total. The molecule has 2 rings (SSSR count). The number of nitro groups is 1. The maximum absolute atomic E-state index is 11.1. The number of rotatable bonds is 3. The van der Waals surface area contributed by atoms with Gasteiger partial charge in [0.15, 0.2) is 0 Å². The largest absolute Gasteiger partial charge is 0.351 e. The van der Waals surface area contributed by atoms with Crippen LogP contribution in [0.25, 0.3) is 0 Å². The van der Waals surface area contributed by atoms with Crippen molar-refractivity contribution in [2.24, 2.45) is 11.8 Å². The first kappa shape index (κ1) is 14.2. The number of hydrogen-bond donors (Lipinski definition) is 0. The van der Waals surface area contributed by atoms with E-state index in [1.54, 1.807) is 6.20 Å². The molecule has 1 aliphatic rings. The van der Waals surface area contributed by atoms with Crippen molar-refractivity contribution in [1.29, 1.82) is 0 Å². The molecule has 1 fully saturated rings. The van der Waals surface area contributed by atoms with E-state index in [4.69, 9.17) is 0 Å². The third-order valence-corrected chi connectivity index (χ3v) is 4.23. The zero-order valence-electron chi connectivity index (χ0n) is 11.2. The molecule has 104 valence electrons. The molecule has 0 aromatic carbocycles. The molecule has 2 heterocycles. The van der Waals surface area contributed by atoms with Crippen LogP contribution in [-0.2, 0) is 0 Å². The van der Waals surface area contributed by atoms with Crippen LogP contribution < -0.4 is 4.90 Å². The topological polar surface area (TPSA) is 59.3 Å². The van der Waals surface area contributed by atoms with Gasteiger partial charge in [-0.2, -0.15) is 0 Å². The van der Waals surface area contributed by atoms with Gasteiger partial charge in [-0.3, -0.25) is 10.1 Å². The smallest absolute Gasteiger partial charge is 0.312 e. The highest BCUT2D eigenvalue weighted by Gasteiger charge is 2.27. The molecule has 1 aromatic heterocycles. The number of hydrogen-bond acceptors (Lipinski definition) is 4. The third-order valence-electron chi connectivity index (χ3n) is 3.79. The van der Waals surface area contributed by atoms with E-state index in [0.29, 0.717) is 22.1 Å². The summed E-state index contributed by atoms with van der Waals surface area (Å²) in [6.07, 6.45) is 3.77. The summed E-state index contributed by atoms with van der Waals surface area (Å²) in [6, 6.07) is 1.52. The summed E-state index contributed by atoms with van der Waals surface area (Å²) in [7, 11) is 0. The first-order chi connectivity index (χ1) is 8.99. The van der Waals surface area contributed by atoms with Gasteiger partial charge in [0.25, 0.3) is 0 Å². The van der Waals surface area contributed by atoms with Crippen LogP contribution in [0.2, 0.25) is 0 Å². The molecular formula is C13H18BrN3O2. The van der Waals surface area contributed by atoms with Crippen molar-refractivity contribution in [3.05, 3.63) is 26.9 Å². The molecule has 0 atom stereocenters. The van der Waals surface area contributed by atoms with Crippen molar-refractivity contribution in [3.8, 4) is 0 Å². The Hall–Kier alpha value is -1.17. The fourth-order valence-electron chi connectivity index (χ4n) is 2.58. The van der Waals surface area contributed by atoms with Crippen LogP contribution in [-0.4, -0.2) is 23.0 Å². The summed E-state index contributed by atoms with van der Waals surface area (Å²) < 4.78 is 0.639. The van der Waals surface area contributed by atoms with Crippen LogP contribution in [0.1, 0.15) is 26.7 Å². The summed E-state index contributed by atoms with van der Waals surface area (Å²) >= 11 is 3.23. The Kier molecular flexibility index (Phi) is 4.39. The van der Waals surface area contributed by atoms with E-state index in [-0.39, 0.29) is 10.6 Å². The van der Waals surface area contributed by atoms with Gasteiger partial charge in [0.05, 0.1) is 4.92 Å². The van der Waals surface area contributed by atoms with Crippen molar-refractivity contribution in [2.45, 2.75) is 26.7 Å². The summed E-state index contributed by atoms with van der Waals surface area (Å²) in [5, 5.41) is 11.1. The number of anilines is 1. The Morgan fingerprint density at radius 3 is 2.63 bits per heavy atom. The molecule has 0 aliphatic carbocycles. The fourth-order valence-corrected chi connectivity index (χ4v) is 2.90. The molecule has 19 heavy (non-hydrogen) atoms. The van der Waals surface area contributed by atoms with E-state index in [9.17, 15) is 10.1 Å². The third kappa shape index (κ3) is 3.23. The summed E-state index contributed by atoms with van der Waals surface area (Å²) in [5.74, 6) is 1.89. The predicted molar refractivity (Wildman–Crippen MR) is 78.4 cm³/mol. The lowest BCUT2D eigenvalue weighted by Crippen LogP contribution is -2.36. The van der Waals surface area contributed by atoms with E-state index in [0.717, 1.165) is 25.9 Å². The van der Waals surface area contributed by atoms with E-state index in [2.05, 4.69) is 34.8 Å². The Labute approximate surface area is 121 Å². The molecule has 1 aliphatic heterocycles. The van der Waals surface area contributed by atoms with Gasteiger partial charge in [-0.25, -0.2) is 4.98 Å². The van der Waals surface area contributed by atoms with E-state index >= 15 is 0 Å². The average Bonchev–Trinajstić information content (AvgIpc) is 2.38. The number of pyridine rings is 1. The number of halogens is 1. The second-order valence-corrected chi connectivity index (χ2v) is 6.24. The lowest BCUT2D eigenvalue weighted by Gasteiger charge is -2.34. The minimum atomic E-state index is -0.359. The van der Waals surface area contributed by atoms with Gasteiger partial charge in [-0.05, 0) is 40.6 Å². The molecule has 6 heteroatoms. The lowest BCUT2D eigenvalue weighted by molar-refractivity contribution is -0.384. The zero-order valence-corrected chi connectivity index (χ0v) is 12.8. The minimum Gasteiger partial charge on any atom is -0.351 e. The lowest BCUT2D eigenvalue weighted by atomic mass is 9.87. The van der Waals surface area contributed by atoms with Gasteiger partial charge in [0, 0.05) is 29.8 Å². The van der Waals surface area contributed by atoms with E-state index < -0.39 is 0 Å². The highest BCUT2D eigenvalue weighted by Crippen LogP contribution is 2.32. The van der Waals surface area contributed by atoms with Crippen molar-refractivity contribution in [1.82, 2.24) is 4.98 Å². The number of aromatic nitrogens is 1. The molecule has 1 saturated heterocycles. The molecule has 0 saturated carbocycles. The highest BCUT2D eigenvalue weighted by atomic mass is 79.9. The van der Waals surface area contributed by atoms with Gasteiger partial charge in [-0.15, -0.1) is 0 Å². The van der Waals surface area contributed by atoms with E-state index in [1.807, 2.05) is 4.90 Å². The molecule has 0 radical (unpaired) electrons. The quantitative estimate of drug-likeness (QED) is 0.628. The van der Waals surface area contributed by atoms with Gasteiger partial charge in [0.1, 0.15) is 0 Å². The van der Waals surface area contributed by atoms with Crippen LogP contribution in [0.4, 0.5) is 11.5 Å². The Morgan fingerprint density at radius 1 is 1.47 bits per heavy atom. The molecule has 1 aromatic rings. The number of piperidine rings is 1. The fraction of sp³-hybridized carbons (Fsp3) is 0.615. The Bertz CT molecular complexity index is 471. The van der Waals surface area contributed by atoms with Gasteiger partial charge in [0.2, 0.25) is 5.82 Å². The van der Waals surface area contributed by atoms with Crippen molar-refractivity contribution in [3.63, 3.8) is 0 Å². The standard InChI is InChI=1S/C13H18BrN3O2/c1-9(2)10-3-5-16(6-4-10)13-12(17(18)19)7-11(14)8-15-13/h7-10H,3-6H2,1-2H3. The molecule has 0 amide bonds. The molecule has 0 spiro atoms. The average molecular weight is 328 g/mol. The maximum atomic E-state index is 11.1. The van der Waals surface area contributed by atoms with Crippen LogP contribution in [0.15, 0.2) is 16.7 Å². The van der Waals surface area contributed by atoms with E-state index in [1.165, 1.54) is 6.07 Å². The number of nitrogens with zero attached hydrogens (tertiary/aromatic N) is 3. The summed E-state index contributed by atoms with van der Waals surface area (Å²) in [6.45, 7) is 6.16. The van der Waals surface area contributed by atoms with Crippen LogP contribution >= 0.6 is 15.9 Å². The van der Waals surface area contributed by atoms with Gasteiger partial charge in [-0.1, -0.05) is 13.8 Å². The molecule has 5 nitrogen and oxygen atoms in total. The zero-order chi connectivity index (χ0) is 14.0. The van der Waals surface area contributed by atoms with Gasteiger partial charge < -0.3 is 4.90 Å². The first-order valence-electron chi connectivity index (χ1n) is 6.54. The first-order valence-corrected chi connectivity index (χ1v) is 7.33. The summed E-state index contributed by atoms with van der Waals surface area (Å²) in [5.41, 5.74) is 0.0809. The minimum absolute atomic E-state index is 0.0809. The Morgan fingerprint density at radius 2 is 2.11 bits per heavy atom. The van der Waals surface area contributed by atoms with Gasteiger partial charge >= 0.3 is 5.69 Å². The second-order valence-electron chi connectivity index (χ2n) is 5.32. The SMILES string of the molecule is CC(C)C1CCN(c2ncc(Br)cc2[N+](=O)[O-])CC1. The van der Waals surface area contributed by atoms with Crippen LogP contribution in [0.3, 0.4) is 0 Å². The second kappa shape index (κ2) is 5.86. The normalized spacial score (nSPS) is 16.9. The monoisotopic (exact) mass is 327 g/mol. The highest BCUT2D eigenvalue weighted by molar-refractivity contribution is 9.10. The van der Waals surface area contributed by atoms with Crippen LogP contribution in [0.5, 0.6) is 0 Å². The Balaban J connectivity index is 2.17. The molecule has 0 unspecified atom stereocenters. The molecular weight excluding hydrogens is 310 g/mol.